The molecule has 0 spiro atoms. The predicted octanol–water partition coefficient (Wildman–Crippen LogP) is 7.70. The summed E-state index contributed by atoms with van der Waals surface area (Å²) in [6.07, 6.45) is 2.45. The van der Waals surface area contributed by atoms with Gasteiger partial charge in [-0.1, -0.05) is 113 Å². The largest absolute Gasteiger partial charge is 0.0651 e. The van der Waals surface area contributed by atoms with E-state index in [9.17, 15) is 0 Å². The van der Waals surface area contributed by atoms with Gasteiger partial charge < -0.3 is 0 Å². The van der Waals surface area contributed by atoms with Crippen LogP contribution in [0.2, 0.25) is 0 Å². The molecule has 3 aromatic carbocycles. The molecule has 25 heavy (non-hydrogen) atoms. The van der Waals surface area contributed by atoms with Gasteiger partial charge in [0.25, 0.3) is 0 Å². The quantitative estimate of drug-likeness (QED) is 0.416. The van der Waals surface area contributed by atoms with Gasteiger partial charge in [0, 0.05) is 4.47 Å². The van der Waals surface area contributed by atoms with E-state index in [1.165, 1.54) is 35.1 Å². The van der Waals surface area contributed by atoms with Crippen molar-refractivity contribution in [3.05, 3.63) is 106 Å². The minimum Gasteiger partial charge on any atom is -0.0651 e. The van der Waals surface area contributed by atoms with Gasteiger partial charge in [-0.25, -0.2) is 0 Å². The van der Waals surface area contributed by atoms with Crippen molar-refractivity contribution in [2.75, 3.05) is 0 Å². The van der Waals surface area contributed by atoms with Crippen molar-refractivity contribution < 1.29 is 0 Å². The van der Waals surface area contributed by atoms with Gasteiger partial charge in [0.05, 0.1) is 0 Å². The van der Waals surface area contributed by atoms with Crippen molar-refractivity contribution in [1.29, 1.82) is 0 Å². The van der Waals surface area contributed by atoms with E-state index in [0.717, 1.165) is 4.47 Å². The Morgan fingerprint density at radius 1 is 0.600 bits per heavy atom. The van der Waals surface area contributed by atoms with Gasteiger partial charge in [-0.05, 0) is 44.9 Å². The highest BCUT2D eigenvalue weighted by Gasteiger charge is 1.84. The molecule has 3 rings (SSSR count). The first-order chi connectivity index (χ1) is 12.0. The van der Waals surface area contributed by atoms with Gasteiger partial charge in [0.1, 0.15) is 0 Å². The smallest absolute Gasteiger partial charge is 0.0175 e. The van der Waals surface area contributed by atoms with Gasteiger partial charge in [-0.15, -0.1) is 0 Å². The highest BCUT2D eigenvalue weighted by molar-refractivity contribution is 9.10. The van der Waals surface area contributed by atoms with Crippen LogP contribution in [-0.2, 0) is 6.42 Å². The average Bonchev–Trinajstić information content (AvgIpc) is 2.62. The summed E-state index contributed by atoms with van der Waals surface area (Å²) in [6.45, 7) is 8.47. The molecular formula is C24H29Br. The number of hydrogen-bond acceptors (Lipinski definition) is 0. The summed E-state index contributed by atoms with van der Waals surface area (Å²) in [4.78, 5) is 0. The molecule has 0 atom stereocenters. The third-order valence-corrected chi connectivity index (χ3v) is 4.14. The molecule has 0 saturated carbocycles. The van der Waals surface area contributed by atoms with Crippen LogP contribution in [0.15, 0.2) is 83.3 Å². The second-order valence-corrected chi connectivity index (χ2v) is 7.10. The van der Waals surface area contributed by atoms with E-state index in [1.54, 1.807) is 0 Å². The predicted molar refractivity (Wildman–Crippen MR) is 115 cm³/mol. The van der Waals surface area contributed by atoms with Crippen molar-refractivity contribution >= 4 is 15.9 Å². The topological polar surface area (TPSA) is 0 Å². The van der Waals surface area contributed by atoms with Crippen LogP contribution in [0.5, 0.6) is 0 Å². The number of hydrogen-bond donors (Lipinski definition) is 0. The maximum Gasteiger partial charge on any atom is 0.0175 e. The fourth-order valence-electron chi connectivity index (χ4n) is 2.10. The molecule has 3 aromatic rings. The van der Waals surface area contributed by atoms with Crippen molar-refractivity contribution in [3.8, 4) is 0 Å². The van der Waals surface area contributed by atoms with E-state index in [1.807, 2.05) is 12.1 Å². The van der Waals surface area contributed by atoms with Crippen LogP contribution in [0, 0.1) is 20.8 Å². The van der Waals surface area contributed by atoms with Crippen LogP contribution in [0.1, 0.15) is 35.6 Å². The SMILES string of the molecule is CCCc1ccccc1.Cc1ccc(Br)cc1.Cc1ccc(C)cc1. The highest BCUT2D eigenvalue weighted by atomic mass is 79.9. The van der Waals surface area contributed by atoms with E-state index < -0.39 is 0 Å². The van der Waals surface area contributed by atoms with E-state index in [2.05, 4.69) is 110 Å². The van der Waals surface area contributed by atoms with E-state index in [4.69, 9.17) is 0 Å². The molecule has 1 heteroatoms. The molecule has 0 aliphatic rings. The molecule has 0 N–H and O–H groups in total. The molecule has 0 saturated heterocycles. The number of aryl methyl sites for hydroxylation is 4. The third-order valence-electron chi connectivity index (χ3n) is 3.61. The van der Waals surface area contributed by atoms with E-state index in [0.29, 0.717) is 0 Å². The van der Waals surface area contributed by atoms with Crippen LogP contribution in [0.4, 0.5) is 0 Å². The summed E-state index contributed by atoms with van der Waals surface area (Å²) in [5.74, 6) is 0. The first-order valence-electron chi connectivity index (χ1n) is 8.80. The molecule has 132 valence electrons. The fraction of sp³-hybridized carbons (Fsp3) is 0.250. The van der Waals surface area contributed by atoms with Crippen molar-refractivity contribution in [2.24, 2.45) is 0 Å². The van der Waals surface area contributed by atoms with Crippen molar-refractivity contribution in [2.45, 2.75) is 40.5 Å². The van der Waals surface area contributed by atoms with Crippen LogP contribution in [0.25, 0.3) is 0 Å². The van der Waals surface area contributed by atoms with Crippen molar-refractivity contribution in [1.82, 2.24) is 0 Å². The zero-order chi connectivity index (χ0) is 18.5. The molecule has 0 aliphatic heterocycles. The summed E-state index contributed by atoms with van der Waals surface area (Å²) in [6, 6.07) is 27.3. The Morgan fingerprint density at radius 3 is 1.36 bits per heavy atom. The third kappa shape index (κ3) is 10.6. The number of rotatable bonds is 2. The number of benzene rings is 3. The van der Waals surface area contributed by atoms with Crippen LogP contribution in [0.3, 0.4) is 0 Å². The van der Waals surface area contributed by atoms with Gasteiger partial charge >= 0.3 is 0 Å². The fourth-order valence-corrected chi connectivity index (χ4v) is 2.37. The minimum atomic E-state index is 1.14. The normalized spacial score (nSPS) is 9.32. The maximum absolute atomic E-state index is 3.35. The summed E-state index contributed by atoms with van der Waals surface area (Å²) in [7, 11) is 0. The van der Waals surface area contributed by atoms with Crippen LogP contribution < -0.4 is 0 Å². The molecular weight excluding hydrogens is 368 g/mol. The maximum atomic E-state index is 3.35. The Hall–Kier alpha value is -1.86. The summed E-state index contributed by atoms with van der Waals surface area (Å²) < 4.78 is 1.14. The number of halogens is 1. The molecule has 0 amide bonds. The second kappa shape index (κ2) is 12.5. The van der Waals surface area contributed by atoms with Crippen molar-refractivity contribution in [3.63, 3.8) is 0 Å². The summed E-state index contributed by atoms with van der Waals surface area (Å²) in [5.41, 5.74) is 5.40. The lowest BCUT2D eigenvalue weighted by Crippen LogP contribution is -1.78. The molecule has 0 unspecified atom stereocenters. The van der Waals surface area contributed by atoms with Crippen LogP contribution in [-0.4, -0.2) is 0 Å². The Labute approximate surface area is 162 Å². The molecule has 0 nitrogen and oxygen atoms in total. The monoisotopic (exact) mass is 396 g/mol. The highest BCUT2D eigenvalue weighted by Crippen LogP contribution is 2.08. The molecule has 0 radical (unpaired) electrons. The first-order valence-corrected chi connectivity index (χ1v) is 9.60. The molecule has 0 heterocycles. The molecule has 0 aromatic heterocycles. The standard InChI is InChI=1S/C9H12.C8H10.C7H7Br/c1-2-6-9-7-4-3-5-8-9;1-7-3-5-8(2)6-4-7;1-6-2-4-7(8)5-3-6/h3-5,7-8H,2,6H2,1H3;3-6H,1-2H3;2-5H,1H3. The van der Waals surface area contributed by atoms with Gasteiger partial charge in [0.2, 0.25) is 0 Å². The van der Waals surface area contributed by atoms with E-state index in [-0.39, 0.29) is 0 Å². The lowest BCUT2D eigenvalue weighted by atomic mass is 10.1. The van der Waals surface area contributed by atoms with Crippen LogP contribution >= 0.6 is 15.9 Å². The average molecular weight is 397 g/mol. The lowest BCUT2D eigenvalue weighted by Gasteiger charge is -1.93. The molecule has 0 aliphatic carbocycles. The summed E-state index contributed by atoms with van der Waals surface area (Å²) >= 11 is 3.35. The minimum absolute atomic E-state index is 1.14. The Balaban J connectivity index is 0.000000188. The van der Waals surface area contributed by atoms with Gasteiger partial charge in [-0.2, -0.15) is 0 Å². The Morgan fingerprint density at radius 2 is 1.00 bits per heavy atom. The zero-order valence-electron chi connectivity index (χ0n) is 15.8. The summed E-state index contributed by atoms with van der Waals surface area (Å²) in [5, 5.41) is 0. The Bertz CT molecular complexity index is 597. The lowest BCUT2D eigenvalue weighted by molar-refractivity contribution is 0.922. The second-order valence-electron chi connectivity index (χ2n) is 6.19. The van der Waals surface area contributed by atoms with Gasteiger partial charge in [0.15, 0.2) is 0 Å². The first kappa shape index (κ1) is 21.2. The Kier molecular flexibility index (Phi) is 10.6. The molecule has 0 bridgehead atoms. The molecule has 0 fully saturated rings. The van der Waals surface area contributed by atoms with E-state index >= 15 is 0 Å². The zero-order valence-corrected chi connectivity index (χ0v) is 17.4. The van der Waals surface area contributed by atoms with Gasteiger partial charge in [-0.3, -0.25) is 0 Å².